The lowest BCUT2D eigenvalue weighted by Crippen LogP contribution is -2.40. The van der Waals surface area contributed by atoms with Crippen molar-refractivity contribution in [2.45, 2.75) is 39.7 Å². The highest BCUT2D eigenvalue weighted by atomic mass is 32.1. The molecule has 31 heavy (non-hydrogen) atoms. The van der Waals surface area contributed by atoms with Gasteiger partial charge in [0.05, 0.1) is 32.3 Å². The first-order valence-electron chi connectivity index (χ1n) is 10.4. The van der Waals surface area contributed by atoms with Gasteiger partial charge in [0.1, 0.15) is 5.00 Å². The highest BCUT2D eigenvalue weighted by Crippen LogP contribution is 2.40. The third-order valence-electron chi connectivity index (χ3n) is 5.38. The fourth-order valence-corrected chi connectivity index (χ4v) is 5.72. The molecule has 2 aromatic rings. The fourth-order valence-electron chi connectivity index (χ4n) is 3.66. The molecule has 1 unspecified atom stereocenters. The summed E-state index contributed by atoms with van der Waals surface area (Å²) in [5.74, 6) is -0.227. The predicted molar refractivity (Wildman–Crippen MR) is 124 cm³/mol. The Morgan fingerprint density at radius 1 is 1.26 bits per heavy atom. The minimum Gasteiger partial charge on any atom is -0.465 e. The average molecular weight is 464 g/mol. The Kier molecular flexibility index (Phi) is 8.22. The van der Waals surface area contributed by atoms with Gasteiger partial charge in [-0.2, -0.15) is 0 Å². The van der Waals surface area contributed by atoms with E-state index >= 15 is 0 Å². The summed E-state index contributed by atoms with van der Waals surface area (Å²) in [4.78, 5) is 41.4. The van der Waals surface area contributed by atoms with Crippen LogP contribution in [0.3, 0.4) is 0 Å². The van der Waals surface area contributed by atoms with Gasteiger partial charge in [-0.05, 0) is 48.7 Å². The number of esters is 1. The third-order valence-corrected chi connectivity index (χ3v) is 7.42. The van der Waals surface area contributed by atoms with Gasteiger partial charge >= 0.3 is 5.97 Å². The molecule has 1 atom stereocenters. The molecule has 0 aliphatic heterocycles. The highest BCUT2D eigenvalue weighted by molar-refractivity contribution is 7.17. The van der Waals surface area contributed by atoms with Crippen LogP contribution < -0.4 is 10.6 Å². The topological polar surface area (TPSA) is 87.7 Å². The molecule has 7 nitrogen and oxygen atoms in total. The number of amides is 2. The maximum absolute atomic E-state index is 12.7. The van der Waals surface area contributed by atoms with Crippen molar-refractivity contribution in [3.05, 3.63) is 38.4 Å². The second-order valence-corrected chi connectivity index (χ2v) is 9.89. The van der Waals surface area contributed by atoms with Crippen molar-refractivity contribution < 1.29 is 19.1 Å². The van der Waals surface area contributed by atoms with Gasteiger partial charge < -0.3 is 15.4 Å². The number of hydrogen-bond donors (Lipinski definition) is 2. The fraction of sp³-hybridized carbons (Fsp3) is 0.500. The normalized spacial score (nSPS) is 15.4. The molecule has 168 valence electrons. The Hall–Kier alpha value is -2.23. The first-order valence-corrected chi connectivity index (χ1v) is 12.1. The number of carbonyl (C=O) groups excluding carboxylic acids is 3. The minimum atomic E-state index is -0.414. The zero-order chi connectivity index (χ0) is 22.4. The van der Waals surface area contributed by atoms with E-state index in [1.165, 1.54) is 18.4 Å². The van der Waals surface area contributed by atoms with Gasteiger partial charge in [-0.25, -0.2) is 4.79 Å². The lowest BCUT2D eigenvalue weighted by Gasteiger charge is -2.19. The average Bonchev–Trinajstić information content (AvgIpc) is 3.38. The van der Waals surface area contributed by atoms with Crippen molar-refractivity contribution in [2.75, 3.05) is 32.1 Å². The van der Waals surface area contributed by atoms with Crippen LogP contribution >= 0.6 is 22.7 Å². The molecule has 2 amide bonds. The number of carbonyl (C=O) groups is 3. The number of likely N-dealkylation sites (N-methyl/N-ethyl adjacent to an activating group) is 1. The van der Waals surface area contributed by atoms with Crippen LogP contribution in [-0.2, 0) is 33.7 Å². The van der Waals surface area contributed by atoms with E-state index in [4.69, 9.17) is 4.74 Å². The Morgan fingerprint density at radius 2 is 2.03 bits per heavy atom. The van der Waals surface area contributed by atoms with Crippen LogP contribution in [0.1, 0.15) is 45.9 Å². The number of methoxy groups -OCH3 is 1. The molecule has 1 aliphatic rings. The van der Waals surface area contributed by atoms with Crippen LogP contribution in [0.2, 0.25) is 0 Å². The van der Waals surface area contributed by atoms with Crippen molar-refractivity contribution in [2.24, 2.45) is 5.92 Å². The van der Waals surface area contributed by atoms with Crippen molar-refractivity contribution in [3.63, 3.8) is 0 Å². The largest absolute Gasteiger partial charge is 0.465 e. The summed E-state index contributed by atoms with van der Waals surface area (Å²) < 4.78 is 4.98. The number of nitrogens with one attached hydrogen (secondary N) is 2. The zero-order valence-corrected chi connectivity index (χ0v) is 19.8. The Bertz CT molecular complexity index is 924. The smallest absolute Gasteiger partial charge is 0.341 e. The van der Waals surface area contributed by atoms with E-state index in [0.29, 0.717) is 29.6 Å². The number of hydrogen-bond acceptors (Lipinski definition) is 7. The standard InChI is InChI=1S/C22H29N3O4S2/c1-4-25(12-18(26)23-11-15-6-5-9-30-15)13-19(27)24-21-20(22(28)29-3)16-8-7-14(2)10-17(16)31-21/h5-6,9,14H,4,7-8,10-13H2,1-3H3,(H,23,26)(H,24,27). The van der Waals surface area contributed by atoms with Crippen LogP contribution in [0.4, 0.5) is 5.00 Å². The monoisotopic (exact) mass is 463 g/mol. The number of ether oxygens (including phenoxy) is 1. The number of fused-ring (bicyclic) bond motifs is 1. The second-order valence-electron chi connectivity index (χ2n) is 7.76. The Labute approximate surface area is 190 Å². The van der Waals surface area contributed by atoms with Gasteiger partial charge in [-0.1, -0.05) is 19.9 Å². The molecule has 0 saturated heterocycles. The van der Waals surface area contributed by atoms with Gasteiger partial charge in [-0.3, -0.25) is 14.5 Å². The first-order chi connectivity index (χ1) is 14.9. The Morgan fingerprint density at radius 3 is 2.71 bits per heavy atom. The maximum Gasteiger partial charge on any atom is 0.341 e. The number of nitrogens with zero attached hydrogens (tertiary/aromatic N) is 1. The van der Waals surface area contributed by atoms with E-state index in [9.17, 15) is 14.4 Å². The van der Waals surface area contributed by atoms with E-state index < -0.39 is 5.97 Å². The lowest BCUT2D eigenvalue weighted by atomic mass is 9.88. The van der Waals surface area contributed by atoms with E-state index in [1.807, 2.05) is 24.4 Å². The van der Waals surface area contributed by atoms with Crippen LogP contribution in [0.25, 0.3) is 0 Å². The second kappa shape index (κ2) is 10.9. The molecule has 2 heterocycles. The third kappa shape index (κ3) is 6.15. The molecule has 9 heteroatoms. The maximum atomic E-state index is 12.7. The molecule has 2 N–H and O–H groups in total. The van der Waals surface area contributed by atoms with Crippen molar-refractivity contribution in [1.29, 1.82) is 0 Å². The molecule has 0 spiro atoms. The summed E-state index contributed by atoms with van der Waals surface area (Å²) in [6.45, 7) is 5.36. The van der Waals surface area contributed by atoms with E-state index in [0.717, 1.165) is 34.6 Å². The molecule has 0 radical (unpaired) electrons. The van der Waals surface area contributed by atoms with Gasteiger partial charge in [0, 0.05) is 9.75 Å². The van der Waals surface area contributed by atoms with Crippen molar-refractivity contribution in [1.82, 2.24) is 10.2 Å². The predicted octanol–water partition coefficient (Wildman–Crippen LogP) is 3.30. The van der Waals surface area contributed by atoms with Crippen LogP contribution in [-0.4, -0.2) is 49.4 Å². The molecular formula is C22H29N3O4S2. The van der Waals surface area contributed by atoms with E-state index in [-0.39, 0.29) is 24.9 Å². The molecule has 0 bridgehead atoms. The SMILES string of the molecule is CCN(CC(=O)NCc1cccs1)CC(=O)Nc1sc2c(c1C(=O)OC)CCC(C)C2. The van der Waals surface area contributed by atoms with Gasteiger partial charge in [0.15, 0.2) is 0 Å². The molecular weight excluding hydrogens is 434 g/mol. The summed E-state index contributed by atoms with van der Waals surface area (Å²) in [6, 6.07) is 3.91. The molecule has 3 rings (SSSR count). The first kappa shape index (κ1) is 23.4. The van der Waals surface area contributed by atoms with Crippen molar-refractivity contribution >= 4 is 45.5 Å². The lowest BCUT2D eigenvalue weighted by molar-refractivity contribution is -0.123. The van der Waals surface area contributed by atoms with E-state index in [2.05, 4.69) is 17.6 Å². The van der Waals surface area contributed by atoms with Crippen LogP contribution in [0.5, 0.6) is 0 Å². The van der Waals surface area contributed by atoms with Crippen molar-refractivity contribution in [3.8, 4) is 0 Å². The molecule has 2 aromatic heterocycles. The molecule has 1 aliphatic carbocycles. The summed E-state index contributed by atoms with van der Waals surface area (Å²) >= 11 is 3.05. The number of rotatable bonds is 9. The van der Waals surface area contributed by atoms with Gasteiger partial charge in [0.2, 0.25) is 11.8 Å². The highest BCUT2D eigenvalue weighted by Gasteiger charge is 2.29. The van der Waals surface area contributed by atoms with Crippen LogP contribution in [0, 0.1) is 5.92 Å². The Balaban J connectivity index is 1.61. The zero-order valence-electron chi connectivity index (χ0n) is 18.2. The van der Waals surface area contributed by atoms with Gasteiger partial charge in [-0.15, -0.1) is 22.7 Å². The molecule has 0 aromatic carbocycles. The number of anilines is 1. The van der Waals surface area contributed by atoms with Gasteiger partial charge in [0.25, 0.3) is 0 Å². The molecule has 0 saturated carbocycles. The summed E-state index contributed by atoms with van der Waals surface area (Å²) in [7, 11) is 1.36. The quantitative estimate of drug-likeness (QED) is 0.557. The van der Waals surface area contributed by atoms with E-state index in [1.54, 1.807) is 16.2 Å². The minimum absolute atomic E-state index is 0.0719. The summed E-state index contributed by atoms with van der Waals surface area (Å²) in [6.07, 6.45) is 2.75. The summed E-state index contributed by atoms with van der Waals surface area (Å²) in [5, 5.41) is 8.30. The van der Waals surface area contributed by atoms with Crippen LogP contribution in [0.15, 0.2) is 17.5 Å². The molecule has 0 fully saturated rings. The number of thiophene rings is 2. The summed E-state index contributed by atoms with van der Waals surface area (Å²) in [5.41, 5.74) is 1.49.